The van der Waals surface area contributed by atoms with Crippen LogP contribution in [0.15, 0.2) is 61.1 Å². The van der Waals surface area contributed by atoms with Gasteiger partial charge in [0.05, 0.1) is 6.42 Å². The Morgan fingerprint density at radius 1 is 1.14 bits per heavy atom. The highest BCUT2D eigenvalue weighted by Crippen LogP contribution is 2.27. The lowest BCUT2D eigenvalue weighted by atomic mass is 9.94. The van der Waals surface area contributed by atoms with Gasteiger partial charge in [-0.1, -0.05) is 12.1 Å². The van der Waals surface area contributed by atoms with Crippen LogP contribution in [0.3, 0.4) is 0 Å². The summed E-state index contributed by atoms with van der Waals surface area (Å²) in [5.74, 6) is 0.557. The van der Waals surface area contributed by atoms with Gasteiger partial charge in [0.2, 0.25) is 5.91 Å². The van der Waals surface area contributed by atoms with E-state index in [0.29, 0.717) is 17.9 Å². The van der Waals surface area contributed by atoms with Crippen LogP contribution in [0.5, 0.6) is 0 Å². The van der Waals surface area contributed by atoms with Gasteiger partial charge in [0, 0.05) is 48.9 Å². The molecule has 142 valence electrons. The van der Waals surface area contributed by atoms with Gasteiger partial charge in [-0.15, -0.1) is 0 Å². The Balaban J connectivity index is 1.47. The van der Waals surface area contributed by atoms with E-state index >= 15 is 0 Å². The smallest absolute Gasteiger partial charge is 0.227 e. The second-order valence-corrected chi connectivity index (χ2v) is 7.03. The zero-order chi connectivity index (χ0) is 19.3. The molecule has 28 heavy (non-hydrogen) atoms. The van der Waals surface area contributed by atoms with Gasteiger partial charge in [-0.2, -0.15) is 0 Å². The Morgan fingerprint density at radius 2 is 2.00 bits per heavy atom. The van der Waals surface area contributed by atoms with Crippen molar-refractivity contribution in [1.82, 2.24) is 19.9 Å². The Kier molecular flexibility index (Phi) is 5.37. The molecule has 0 spiro atoms. The number of halogens is 1. The number of hydrogen-bond acceptors (Lipinski definition) is 4. The minimum atomic E-state index is -0.313. The first-order valence-corrected chi connectivity index (χ1v) is 9.44. The van der Waals surface area contributed by atoms with E-state index in [9.17, 15) is 9.18 Å². The molecule has 1 atom stereocenters. The molecular weight excluding hydrogens is 355 g/mol. The van der Waals surface area contributed by atoms with Crippen LogP contribution in [0.1, 0.15) is 30.0 Å². The summed E-state index contributed by atoms with van der Waals surface area (Å²) in [4.78, 5) is 27.7. The van der Waals surface area contributed by atoms with Crippen molar-refractivity contribution in [3.63, 3.8) is 0 Å². The van der Waals surface area contributed by atoms with Gasteiger partial charge >= 0.3 is 0 Å². The number of benzene rings is 1. The predicted octanol–water partition coefficient (Wildman–Crippen LogP) is 3.63. The topological polar surface area (TPSA) is 59.0 Å². The Labute approximate surface area is 163 Å². The van der Waals surface area contributed by atoms with Crippen molar-refractivity contribution < 1.29 is 9.18 Å². The molecule has 1 saturated heterocycles. The Hall–Kier alpha value is -3.15. The molecule has 1 aliphatic rings. The van der Waals surface area contributed by atoms with Crippen molar-refractivity contribution in [2.24, 2.45) is 0 Å². The normalized spacial score (nSPS) is 16.8. The van der Waals surface area contributed by atoms with Crippen LogP contribution in [0.25, 0.3) is 11.4 Å². The number of aromatic nitrogens is 3. The number of likely N-dealkylation sites (tertiary alicyclic amines) is 1. The van der Waals surface area contributed by atoms with Gasteiger partial charge in [-0.3, -0.25) is 9.78 Å². The molecule has 2 aromatic heterocycles. The van der Waals surface area contributed by atoms with Crippen molar-refractivity contribution in [2.75, 3.05) is 13.1 Å². The zero-order valence-electron chi connectivity index (χ0n) is 15.5. The van der Waals surface area contributed by atoms with Crippen molar-refractivity contribution in [2.45, 2.75) is 25.2 Å². The molecule has 0 radical (unpaired) electrons. The average Bonchev–Trinajstić information content (AvgIpc) is 2.74. The number of rotatable bonds is 4. The van der Waals surface area contributed by atoms with Crippen molar-refractivity contribution in [3.05, 3.63) is 78.1 Å². The summed E-state index contributed by atoms with van der Waals surface area (Å²) in [5.41, 5.74) is 2.57. The predicted molar refractivity (Wildman–Crippen MR) is 104 cm³/mol. The number of piperidine rings is 1. The summed E-state index contributed by atoms with van der Waals surface area (Å²) in [5, 5.41) is 0. The van der Waals surface area contributed by atoms with Crippen molar-refractivity contribution in [3.8, 4) is 11.4 Å². The molecule has 5 nitrogen and oxygen atoms in total. The molecule has 0 bridgehead atoms. The fourth-order valence-electron chi connectivity index (χ4n) is 3.62. The highest BCUT2D eigenvalue weighted by atomic mass is 19.1. The van der Waals surface area contributed by atoms with E-state index in [0.717, 1.165) is 30.6 Å². The molecule has 3 heterocycles. The lowest BCUT2D eigenvalue weighted by Crippen LogP contribution is -2.40. The molecule has 1 aromatic carbocycles. The maximum Gasteiger partial charge on any atom is 0.227 e. The van der Waals surface area contributed by atoms with Crippen LogP contribution in [0, 0.1) is 5.82 Å². The summed E-state index contributed by atoms with van der Waals surface area (Å²) in [6.07, 6.45) is 7.34. The molecule has 6 heteroatoms. The highest BCUT2D eigenvalue weighted by Gasteiger charge is 2.26. The van der Waals surface area contributed by atoms with Gasteiger partial charge in [0.1, 0.15) is 5.82 Å². The molecule has 1 aliphatic heterocycles. The van der Waals surface area contributed by atoms with E-state index in [2.05, 4.69) is 9.97 Å². The number of amides is 1. The van der Waals surface area contributed by atoms with Crippen molar-refractivity contribution >= 4 is 5.91 Å². The Morgan fingerprint density at radius 3 is 2.82 bits per heavy atom. The number of nitrogens with zero attached hydrogens (tertiary/aromatic N) is 4. The van der Waals surface area contributed by atoms with E-state index in [4.69, 9.17) is 4.98 Å². The van der Waals surface area contributed by atoms with Crippen LogP contribution >= 0.6 is 0 Å². The van der Waals surface area contributed by atoms with Crippen LogP contribution in [-0.4, -0.2) is 38.8 Å². The number of pyridine rings is 1. The maximum absolute atomic E-state index is 13.4. The SMILES string of the molecule is O=C(Cc1cccc(F)c1)N1CCC[C@H](c2ccnc(-c3ccncc3)n2)C1. The molecule has 0 N–H and O–H groups in total. The first kappa shape index (κ1) is 18.2. The third-order valence-corrected chi connectivity index (χ3v) is 5.05. The van der Waals surface area contributed by atoms with E-state index in [1.54, 1.807) is 30.7 Å². The van der Waals surface area contributed by atoms with E-state index in [-0.39, 0.29) is 24.1 Å². The van der Waals surface area contributed by atoms with Crippen LogP contribution < -0.4 is 0 Å². The van der Waals surface area contributed by atoms with Gasteiger partial charge in [0.15, 0.2) is 5.82 Å². The lowest BCUT2D eigenvalue weighted by molar-refractivity contribution is -0.131. The first-order chi connectivity index (χ1) is 13.7. The average molecular weight is 376 g/mol. The summed E-state index contributed by atoms with van der Waals surface area (Å²) in [6, 6.07) is 11.9. The standard InChI is InChI=1S/C22H21FN4O/c23-19-5-1-3-16(13-19)14-21(28)27-12-2-4-18(15-27)20-8-11-25-22(26-20)17-6-9-24-10-7-17/h1,3,5-11,13,18H,2,4,12,14-15H2/t18-/m0/s1. The molecule has 1 amide bonds. The summed E-state index contributed by atoms with van der Waals surface area (Å²) >= 11 is 0. The van der Waals surface area contributed by atoms with Crippen LogP contribution in [-0.2, 0) is 11.2 Å². The third-order valence-electron chi connectivity index (χ3n) is 5.05. The quantitative estimate of drug-likeness (QED) is 0.698. The summed E-state index contributed by atoms with van der Waals surface area (Å²) in [6.45, 7) is 1.36. The van der Waals surface area contributed by atoms with Gasteiger partial charge in [-0.05, 0) is 48.7 Å². The largest absolute Gasteiger partial charge is 0.342 e. The van der Waals surface area contributed by atoms with Crippen LogP contribution in [0.2, 0.25) is 0 Å². The number of carbonyl (C=O) groups excluding carboxylic acids is 1. The van der Waals surface area contributed by atoms with Crippen molar-refractivity contribution in [1.29, 1.82) is 0 Å². The Bertz CT molecular complexity index is 964. The highest BCUT2D eigenvalue weighted by molar-refractivity contribution is 5.79. The maximum atomic E-state index is 13.4. The third kappa shape index (κ3) is 4.22. The minimum Gasteiger partial charge on any atom is -0.342 e. The van der Waals surface area contributed by atoms with Gasteiger partial charge in [0.25, 0.3) is 0 Å². The number of carbonyl (C=O) groups is 1. The fourth-order valence-corrected chi connectivity index (χ4v) is 3.62. The molecule has 1 fully saturated rings. The molecule has 0 saturated carbocycles. The summed E-state index contributed by atoms with van der Waals surface area (Å²) in [7, 11) is 0. The molecule has 3 aromatic rings. The van der Waals surface area contributed by atoms with E-state index < -0.39 is 0 Å². The zero-order valence-corrected chi connectivity index (χ0v) is 15.5. The van der Waals surface area contributed by atoms with Gasteiger partial charge in [-0.25, -0.2) is 14.4 Å². The van der Waals surface area contributed by atoms with E-state index in [1.807, 2.05) is 23.1 Å². The number of hydrogen-bond donors (Lipinski definition) is 0. The summed E-state index contributed by atoms with van der Waals surface area (Å²) < 4.78 is 13.4. The molecule has 0 unspecified atom stereocenters. The van der Waals surface area contributed by atoms with E-state index in [1.165, 1.54) is 12.1 Å². The van der Waals surface area contributed by atoms with Crippen LogP contribution in [0.4, 0.5) is 4.39 Å². The van der Waals surface area contributed by atoms with Gasteiger partial charge < -0.3 is 4.90 Å². The molecular formula is C22H21FN4O. The fraction of sp³-hybridized carbons (Fsp3) is 0.273. The first-order valence-electron chi connectivity index (χ1n) is 9.44. The minimum absolute atomic E-state index is 0.0266. The molecule has 0 aliphatic carbocycles. The molecule has 4 rings (SSSR count). The second-order valence-electron chi connectivity index (χ2n) is 7.03. The second kappa shape index (κ2) is 8.25. The lowest BCUT2D eigenvalue weighted by Gasteiger charge is -2.32. The monoisotopic (exact) mass is 376 g/mol.